The van der Waals surface area contributed by atoms with Crippen molar-refractivity contribution in [2.75, 3.05) is 0 Å². The zero-order valence-electron chi connectivity index (χ0n) is 33.2. The third-order valence-corrected chi connectivity index (χ3v) is 11.6. The molecule has 0 spiro atoms. The fourth-order valence-electron chi connectivity index (χ4n) is 7.17. The Kier molecular flexibility index (Phi) is 8.85. The van der Waals surface area contributed by atoms with Crippen LogP contribution in [0.4, 0.5) is 5.69 Å². The van der Waals surface area contributed by atoms with Crippen molar-refractivity contribution in [1.29, 1.82) is 0 Å². The van der Waals surface area contributed by atoms with E-state index in [1.165, 1.54) is 16.7 Å². The van der Waals surface area contributed by atoms with Crippen LogP contribution in [0.1, 0.15) is 84.6 Å². The van der Waals surface area contributed by atoms with Gasteiger partial charge in [0, 0.05) is 39.2 Å². The van der Waals surface area contributed by atoms with Crippen LogP contribution in [0.3, 0.4) is 0 Å². The van der Waals surface area contributed by atoms with Crippen LogP contribution in [0.2, 0.25) is 0 Å². The highest BCUT2D eigenvalue weighted by molar-refractivity contribution is 7.21. The van der Waals surface area contributed by atoms with E-state index < -0.39 is 0 Å². The van der Waals surface area contributed by atoms with Crippen LogP contribution in [-0.2, 0) is 16.2 Å². The minimum absolute atomic E-state index is 0.0183. The molecule has 8 rings (SSSR count). The molecule has 5 heteroatoms. The largest absolute Gasteiger partial charge is 0.507 e. The molecule has 0 unspecified atom stereocenters. The number of thiazole rings is 1. The average Bonchev–Trinajstić information content (AvgIpc) is 3.75. The summed E-state index contributed by atoms with van der Waals surface area (Å²) >= 11 is 1.68. The zero-order chi connectivity index (χ0) is 38.9. The fourth-order valence-corrected chi connectivity index (χ4v) is 8.23. The van der Waals surface area contributed by atoms with E-state index in [4.69, 9.17) is 14.4 Å². The number of hydrogen-bond acceptors (Lipinski definition) is 5. The van der Waals surface area contributed by atoms with Gasteiger partial charge in [-0.05, 0) is 86.5 Å². The van der Waals surface area contributed by atoms with Crippen molar-refractivity contribution in [1.82, 2.24) is 4.98 Å². The summed E-state index contributed by atoms with van der Waals surface area (Å²) in [5.41, 5.74) is 13.1. The molecule has 55 heavy (non-hydrogen) atoms. The number of aliphatic imine (C=N–C) groups is 1. The monoisotopic (exact) mass is 740 g/mol. The van der Waals surface area contributed by atoms with E-state index in [0.29, 0.717) is 5.56 Å². The molecule has 4 nitrogen and oxygen atoms in total. The van der Waals surface area contributed by atoms with E-state index in [1.807, 2.05) is 42.5 Å². The van der Waals surface area contributed by atoms with Crippen LogP contribution < -0.4 is 0 Å². The van der Waals surface area contributed by atoms with E-state index in [2.05, 4.69) is 129 Å². The second-order valence-electron chi connectivity index (χ2n) is 17.8. The van der Waals surface area contributed by atoms with Gasteiger partial charge < -0.3 is 9.52 Å². The van der Waals surface area contributed by atoms with Gasteiger partial charge in [0.15, 0.2) is 0 Å². The topological polar surface area (TPSA) is 58.6 Å². The second kappa shape index (κ2) is 13.3. The molecule has 0 fully saturated rings. The Morgan fingerprint density at radius 2 is 1.24 bits per heavy atom. The van der Waals surface area contributed by atoms with Crippen LogP contribution in [0.15, 0.2) is 125 Å². The predicted molar refractivity (Wildman–Crippen MR) is 235 cm³/mol. The third kappa shape index (κ3) is 6.98. The summed E-state index contributed by atoms with van der Waals surface area (Å²) in [5, 5.41) is 13.8. The van der Waals surface area contributed by atoms with Crippen LogP contribution in [0, 0.1) is 0 Å². The summed E-state index contributed by atoms with van der Waals surface area (Å²) in [5.74, 6) is 0.205. The summed E-state index contributed by atoms with van der Waals surface area (Å²) in [6.07, 6.45) is 1.76. The van der Waals surface area contributed by atoms with Crippen molar-refractivity contribution in [2.45, 2.75) is 78.6 Å². The first kappa shape index (κ1) is 36.5. The van der Waals surface area contributed by atoms with Gasteiger partial charge in [-0.2, -0.15) is 0 Å². The summed E-state index contributed by atoms with van der Waals surface area (Å²) in [6, 6.07) is 40.2. The standard InChI is InChI=1S/C50H48N2O2S/c1-48(2,3)33-21-22-42(53)32(25-33)29-51-41-19-12-10-16-39(41)47-52-45-40(38-18-14-17-37-36-15-11-13-20-43(36)54-46(37)38)26-31(27-44(45)55-47)30-23-34(49(4,5)6)28-35(24-30)50(7,8)9/h10-29,53H,1-9H3. The maximum Gasteiger partial charge on any atom is 0.143 e. The van der Waals surface area contributed by atoms with Gasteiger partial charge in [-0.1, -0.05) is 135 Å². The SMILES string of the molecule is CC(C)(C)c1cc(-c2cc(-c3cccc4c3oc3ccccc34)c3nc(-c4ccccc4N=Cc4cc(C(C)(C)C)ccc4O)sc3c2)cc(C(C)(C)C)c1. The number of para-hydroxylation sites is 3. The molecule has 6 aromatic carbocycles. The van der Waals surface area contributed by atoms with Crippen molar-refractivity contribution in [3.05, 3.63) is 138 Å². The first-order valence-electron chi connectivity index (χ1n) is 19.0. The molecule has 8 aromatic rings. The van der Waals surface area contributed by atoms with Gasteiger partial charge in [0.2, 0.25) is 0 Å². The lowest BCUT2D eigenvalue weighted by atomic mass is 9.79. The van der Waals surface area contributed by atoms with Crippen molar-refractivity contribution in [3.63, 3.8) is 0 Å². The molecule has 0 radical (unpaired) electrons. The molecular formula is C50H48N2O2S. The Bertz CT molecular complexity index is 2750. The molecule has 0 aliphatic rings. The van der Waals surface area contributed by atoms with Crippen LogP contribution in [-0.4, -0.2) is 16.3 Å². The normalized spacial score (nSPS) is 12.8. The number of fused-ring (bicyclic) bond motifs is 4. The summed E-state index contributed by atoms with van der Waals surface area (Å²) in [6.45, 7) is 20.2. The van der Waals surface area contributed by atoms with E-state index >= 15 is 0 Å². The summed E-state index contributed by atoms with van der Waals surface area (Å²) < 4.78 is 7.71. The highest BCUT2D eigenvalue weighted by Crippen LogP contribution is 2.45. The molecule has 0 aliphatic heterocycles. The van der Waals surface area contributed by atoms with E-state index in [1.54, 1.807) is 23.6 Å². The van der Waals surface area contributed by atoms with Crippen molar-refractivity contribution in [3.8, 4) is 38.6 Å². The second-order valence-corrected chi connectivity index (χ2v) is 18.8. The maximum atomic E-state index is 10.8. The summed E-state index contributed by atoms with van der Waals surface area (Å²) in [7, 11) is 0. The quantitative estimate of drug-likeness (QED) is 0.179. The fraction of sp³-hybridized carbons (Fsp3) is 0.240. The molecule has 0 amide bonds. The molecule has 276 valence electrons. The zero-order valence-corrected chi connectivity index (χ0v) is 34.0. The number of aromatic hydroxyl groups is 1. The summed E-state index contributed by atoms with van der Waals surface area (Å²) in [4.78, 5) is 10.4. The minimum atomic E-state index is -0.0547. The van der Waals surface area contributed by atoms with Crippen molar-refractivity contribution in [2.24, 2.45) is 4.99 Å². The Balaban J connectivity index is 1.35. The first-order chi connectivity index (χ1) is 26.0. The smallest absolute Gasteiger partial charge is 0.143 e. The number of rotatable bonds is 5. The highest BCUT2D eigenvalue weighted by Gasteiger charge is 2.24. The highest BCUT2D eigenvalue weighted by atomic mass is 32.1. The molecule has 0 atom stereocenters. The van der Waals surface area contributed by atoms with Crippen LogP contribution in [0.25, 0.3) is 65.0 Å². The minimum Gasteiger partial charge on any atom is -0.507 e. The van der Waals surface area contributed by atoms with Gasteiger partial charge in [0.25, 0.3) is 0 Å². The van der Waals surface area contributed by atoms with Crippen LogP contribution in [0.5, 0.6) is 5.75 Å². The molecule has 0 bridgehead atoms. The van der Waals surface area contributed by atoms with Gasteiger partial charge in [-0.15, -0.1) is 11.3 Å². The number of hydrogen-bond donors (Lipinski definition) is 1. The number of phenolic OH excluding ortho intramolecular Hbond substituents is 1. The van der Waals surface area contributed by atoms with E-state index in [0.717, 1.165) is 70.7 Å². The predicted octanol–water partition coefficient (Wildman–Crippen LogP) is 14.5. The van der Waals surface area contributed by atoms with Crippen LogP contribution >= 0.6 is 11.3 Å². The molecule has 0 aliphatic carbocycles. The van der Waals surface area contributed by atoms with Gasteiger partial charge in [0.05, 0.1) is 15.9 Å². The Labute approximate surface area is 328 Å². The van der Waals surface area contributed by atoms with E-state index in [-0.39, 0.29) is 22.0 Å². The van der Waals surface area contributed by atoms with Crippen molar-refractivity contribution < 1.29 is 9.52 Å². The van der Waals surface area contributed by atoms with Gasteiger partial charge in [0.1, 0.15) is 21.9 Å². The molecule has 0 saturated carbocycles. The maximum absolute atomic E-state index is 10.8. The third-order valence-electron chi connectivity index (χ3n) is 10.6. The molecule has 0 saturated heterocycles. The molecule has 1 N–H and O–H groups in total. The number of phenols is 1. The van der Waals surface area contributed by atoms with E-state index in [9.17, 15) is 5.11 Å². The number of furan rings is 1. The molecule has 2 heterocycles. The molecular weight excluding hydrogens is 693 g/mol. The average molecular weight is 741 g/mol. The Morgan fingerprint density at radius 1 is 0.600 bits per heavy atom. The van der Waals surface area contributed by atoms with Gasteiger partial charge >= 0.3 is 0 Å². The lowest BCUT2D eigenvalue weighted by Crippen LogP contribution is -2.16. The molecule has 2 aromatic heterocycles. The number of aromatic nitrogens is 1. The van der Waals surface area contributed by atoms with Crippen molar-refractivity contribution >= 4 is 55.4 Å². The number of nitrogens with zero attached hydrogens (tertiary/aromatic N) is 2. The Hall–Kier alpha value is -5.52. The number of benzene rings is 6. The lowest BCUT2D eigenvalue weighted by Gasteiger charge is -2.26. The van der Waals surface area contributed by atoms with Gasteiger partial charge in [-0.25, -0.2) is 4.98 Å². The first-order valence-corrected chi connectivity index (χ1v) is 19.8. The lowest BCUT2D eigenvalue weighted by molar-refractivity contribution is 0.473. The van der Waals surface area contributed by atoms with Gasteiger partial charge in [-0.3, -0.25) is 4.99 Å². The Morgan fingerprint density at radius 3 is 1.96 bits per heavy atom.